The zero-order valence-electron chi connectivity index (χ0n) is 15.7. The van der Waals surface area contributed by atoms with Gasteiger partial charge in [0.1, 0.15) is 11.3 Å². The summed E-state index contributed by atoms with van der Waals surface area (Å²) >= 11 is 6.29. The van der Waals surface area contributed by atoms with Crippen LogP contribution in [0.25, 0.3) is 22.6 Å². The molecule has 3 aromatic rings. The second kappa shape index (κ2) is 8.50. The van der Waals surface area contributed by atoms with E-state index in [9.17, 15) is 4.79 Å². The molecule has 3 rings (SSSR count). The summed E-state index contributed by atoms with van der Waals surface area (Å²) in [5.41, 5.74) is 2.67. The quantitative estimate of drug-likeness (QED) is 0.626. The molecule has 0 saturated heterocycles. The van der Waals surface area contributed by atoms with Crippen LogP contribution in [-0.2, 0) is 11.8 Å². The number of rotatable bonds is 7. The van der Waals surface area contributed by atoms with Crippen molar-refractivity contribution in [3.63, 3.8) is 0 Å². The Balaban J connectivity index is 1.76. The fourth-order valence-electron chi connectivity index (χ4n) is 2.78. The number of nitrogens with one attached hydrogen (secondary N) is 1. The molecule has 0 aliphatic heterocycles. The number of fused-ring (bicyclic) bond motifs is 1. The highest BCUT2D eigenvalue weighted by molar-refractivity contribution is 6.33. The van der Waals surface area contributed by atoms with Gasteiger partial charge in [-0.15, -0.1) is 0 Å². The lowest BCUT2D eigenvalue weighted by atomic mass is 10.2. The fraction of sp³-hybridized carbons (Fsp3) is 0.350. The van der Waals surface area contributed by atoms with Gasteiger partial charge < -0.3 is 14.6 Å². The highest BCUT2D eigenvalue weighted by Crippen LogP contribution is 2.28. The van der Waals surface area contributed by atoms with Crippen LogP contribution in [0.5, 0.6) is 0 Å². The number of hydrogen-bond acceptors (Lipinski definition) is 4. The SMILES string of the molecule is CC(C)OCCCNC(=O)c1cnc2c(c1)nc(-c1ccccc1Cl)n2C. The predicted molar refractivity (Wildman–Crippen MR) is 107 cm³/mol. The van der Waals surface area contributed by atoms with Gasteiger partial charge >= 0.3 is 0 Å². The van der Waals surface area contributed by atoms with Crippen molar-refractivity contribution in [1.82, 2.24) is 19.9 Å². The average molecular weight is 387 g/mol. The van der Waals surface area contributed by atoms with Crippen molar-refractivity contribution in [3.05, 3.63) is 47.1 Å². The first-order valence-electron chi connectivity index (χ1n) is 8.94. The third kappa shape index (κ3) is 4.46. The summed E-state index contributed by atoms with van der Waals surface area (Å²) in [7, 11) is 1.88. The van der Waals surface area contributed by atoms with E-state index in [0.717, 1.165) is 12.0 Å². The molecule has 0 atom stereocenters. The maximum absolute atomic E-state index is 12.4. The Morgan fingerprint density at radius 2 is 2.11 bits per heavy atom. The van der Waals surface area contributed by atoms with E-state index < -0.39 is 0 Å². The van der Waals surface area contributed by atoms with Crippen LogP contribution < -0.4 is 5.32 Å². The maximum Gasteiger partial charge on any atom is 0.252 e. The molecule has 1 N–H and O–H groups in total. The van der Waals surface area contributed by atoms with Crippen LogP contribution in [0.2, 0.25) is 5.02 Å². The lowest BCUT2D eigenvalue weighted by Gasteiger charge is -2.08. The Labute approximate surface area is 163 Å². The van der Waals surface area contributed by atoms with Gasteiger partial charge in [0.2, 0.25) is 0 Å². The number of carbonyl (C=O) groups is 1. The number of carbonyl (C=O) groups excluding carboxylic acids is 1. The van der Waals surface area contributed by atoms with Crippen LogP contribution in [0, 0.1) is 0 Å². The van der Waals surface area contributed by atoms with E-state index in [2.05, 4.69) is 15.3 Å². The molecule has 2 heterocycles. The highest BCUT2D eigenvalue weighted by atomic mass is 35.5. The number of hydrogen-bond donors (Lipinski definition) is 1. The van der Waals surface area contributed by atoms with Crippen molar-refractivity contribution in [2.24, 2.45) is 7.05 Å². The van der Waals surface area contributed by atoms with Gasteiger partial charge in [0, 0.05) is 32.0 Å². The second-order valence-electron chi connectivity index (χ2n) is 6.57. The number of aromatic nitrogens is 3. The zero-order valence-corrected chi connectivity index (χ0v) is 16.5. The molecule has 142 valence electrons. The average Bonchev–Trinajstić information content (AvgIpc) is 2.97. The summed E-state index contributed by atoms with van der Waals surface area (Å²) in [6.07, 6.45) is 2.53. The molecular weight excluding hydrogens is 364 g/mol. The summed E-state index contributed by atoms with van der Waals surface area (Å²) in [5.74, 6) is 0.547. The minimum Gasteiger partial charge on any atom is -0.379 e. The molecule has 1 aromatic carbocycles. The number of imidazole rings is 1. The van der Waals surface area contributed by atoms with Gasteiger partial charge in [0.15, 0.2) is 5.65 Å². The van der Waals surface area contributed by atoms with Gasteiger partial charge in [0.05, 0.1) is 16.7 Å². The molecule has 7 heteroatoms. The Bertz CT molecular complexity index is 952. The van der Waals surface area contributed by atoms with Crippen LogP contribution >= 0.6 is 11.6 Å². The molecule has 2 aromatic heterocycles. The van der Waals surface area contributed by atoms with Crippen molar-refractivity contribution >= 4 is 28.7 Å². The highest BCUT2D eigenvalue weighted by Gasteiger charge is 2.15. The third-order valence-electron chi connectivity index (χ3n) is 4.14. The molecule has 0 unspecified atom stereocenters. The number of ether oxygens (including phenoxy) is 1. The molecule has 0 aliphatic rings. The van der Waals surface area contributed by atoms with Gasteiger partial charge in [0.25, 0.3) is 5.91 Å². The zero-order chi connectivity index (χ0) is 19.4. The molecule has 0 saturated carbocycles. The third-order valence-corrected chi connectivity index (χ3v) is 4.47. The smallest absolute Gasteiger partial charge is 0.252 e. The minimum atomic E-state index is -0.168. The number of amides is 1. The summed E-state index contributed by atoms with van der Waals surface area (Å²) in [4.78, 5) is 21.4. The van der Waals surface area contributed by atoms with E-state index >= 15 is 0 Å². The summed E-state index contributed by atoms with van der Waals surface area (Å²) in [6, 6.07) is 9.28. The minimum absolute atomic E-state index is 0.168. The van der Waals surface area contributed by atoms with Crippen LogP contribution in [0.3, 0.4) is 0 Å². The predicted octanol–water partition coefficient (Wildman–Crippen LogP) is 3.83. The lowest BCUT2D eigenvalue weighted by Crippen LogP contribution is -2.25. The molecule has 6 nitrogen and oxygen atoms in total. The molecule has 27 heavy (non-hydrogen) atoms. The van der Waals surface area contributed by atoms with Crippen LogP contribution in [0.4, 0.5) is 0 Å². The first-order chi connectivity index (χ1) is 13.0. The second-order valence-corrected chi connectivity index (χ2v) is 6.98. The summed E-state index contributed by atoms with van der Waals surface area (Å²) in [6.45, 7) is 5.15. The van der Waals surface area contributed by atoms with Gasteiger partial charge in [-0.05, 0) is 38.5 Å². The standard InChI is InChI=1S/C20H23ClN4O2/c1-13(2)27-10-6-9-22-20(26)14-11-17-19(23-12-14)25(3)18(24-17)15-7-4-5-8-16(15)21/h4-5,7-8,11-13H,6,9-10H2,1-3H3,(H,22,26). The van der Waals surface area contributed by atoms with E-state index in [1.54, 1.807) is 12.3 Å². The number of nitrogens with zero attached hydrogens (tertiary/aromatic N) is 3. The summed E-state index contributed by atoms with van der Waals surface area (Å²) < 4.78 is 7.34. The van der Waals surface area contributed by atoms with Gasteiger partial charge in [-0.2, -0.15) is 0 Å². The monoisotopic (exact) mass is 386 g/mol. The maximum atomic E-state index is 12.4. The van der Waals surface area contributed by atoms with Crippen molar-refractivity contribution in [2.45, 2.75) is 26.4 Å². The number of aryl methyl sites for hydroxylation is 1. The van der Waals surface area contributed by atoms with Crippen molar-refractivity contribution in [3.8, 4) is 11.4 Å². The molecule has 0 aliphatic carbocycles. The molecule has 0 radical (unpaired) electrons. The molecule has 0 bridgehead atoms. The van der Waals surface area contributed by atoms with E-state index in [4.69, 9.17) is 16.3 Å². The van der Waals surface area contributed by atoms with Crippen molar-refractivity contribution in [2.75, 3.05) is 13.2 Å². The molecular formula is C20H23ClN4O2. The lowest BCUT2D eigenvalue weighted by molar-refractivity contribution is 0.0757. The van der Waals surface area contributed by atoms with E-state index in [1.165, 1.54) is 0 Å². The first-order valence-corrected chi connectivity index (χ1v) is 9.32. The van der Waals surface area contributed by atoms with Crippen LogP contribution in [-0.4, -0.2) is 39.7 Å². The Hall–Kier alpha value is -2.44. The van der Waals surface area contributed by atoms with E-state index in [-0.39, 0.29) is 12.0 Å². The fourth-order valence-corrected chi connectivity index (χ4v) is 3.00. The molecule has 0 spiro atoms. The van der Waals surface area contributed by atoms with Crippen LogP contribution in [0.1, 0.15) is 30.6 Å². The first kappa shape index (κ1) is 19.3. The Morgan fingerprint density at radius 1 is 1.33 bits per heavy atom. The van der Waals surface area contributed by atoms with Gasteiger partial charge in [-0.25, -0.2) is 9.97 Å². The van der Waals surface area contributed by atoms with Gasteiger partial charge in [-0.1, -0.05) is 23.7 Å². The number of pyridine rings is 1. The van der Waals surface area contributed by atoms with Crippen molar-refractivity contribution < 1.29 is 9.53 Å². The van der Waals surface area contributed by atoms with Crippen LogP contribution in [0.15, 0.2) is 36.5 Å². The van der Waals surface area contributed by atoms with Gasteiger partial charge in [-0.3, -0.25) is 4.79 Å². The Kier molecular flexibility index (Phi) is 6.08. The molecule has 0 fully saturated rings. The van der Waals surface area contributed by atoms with E-state index in [1.807, 2.05) is 49.7 Å². The summed E-state index contributed by atoms with van der Waals surface area (Å²) in [5, 5.41) is 3.51. The largest absolute Gasteiger partial charge is 0.379 e. The van der Waals surface area contributed by atoms with E-state index in [0.29, 0.717) is 40.7 Å². The number of benzene rings is 1. The normalized spacial score (nSPS) is 11.3. The molecule has 1 amide bonds. The Morgan fingerprint density at radius 3 is 2.85 bits per heavy atom. The van der Waals surface area contributed by atoms with Crippen molar-refractivity contribution in [1.29, 1.82) is 0 Å². The number of halogens is 1. The topological polar surface area (TPSA) is 69.0 Å².